The lowest BCUT2D eigenvalue weighted by atomic mass is 10.2. The molecular formula is C17H23N3O2S. The number of oxazole rings is 1. The quantitative estimate of drug-likeness (QED) is 0.848. The second kappa shape index (κ2) is 7.49. The van der Waals surface area contributed by atoms with E-state index in [2.05, 4.69) is 35.4 Å². The summed E-state index contributed by atoms with van der Waals surface area (Å²) < 4.78 is 11.5. The van der Waals surface area contributed by atoms with Gasteiger partial charge in [0.15, 0.2) is 0 Å². The summed E-state index contributed by atoms with van der Waals surface area (Å²) in [6.07, 6.45) is 2.19. The molecule has 0 amide bonds. The highest BCUT2D eigenvalue weighted by molar-refractivity contribution is 7.98. The maximum absolute atomic E-state index is 5.87. The number of rotatable bonds is 5. The molecule has 0 aliphatic carbocycles. The monoisotopic (exact) mass is 333 g/mol. The normalized spacial score (nSPS) is 19.2. The van der Waals surface area contributed by atoms with E-state index in [-0.39, 0.29) is 6.10 Å². The van der Waals surface area contributed by atoms with E-state index >= 15 is 0 Å². The fraction of sp³-hybridized carbons (Fsp3) is 0.471. The molecule has 1 aliphatic rings. The maximum atomic E-state index is 5.87. The number of thioether (sulfide) groups is 1. The van der Waals surface area contributed by atoms with E-state index < -0.39 is 0 Å². The van der Waals surface area contributed by atoms with E-state index in [1.54, 1.807) is 11.8 Å². The molecule has 1 unspecified atom stereocenters. The first kappa shape index (κ1) is 16.5. The van der Waals surface area contributed by atoms with Crippen molar-refractivity contribution < 1.29 is 9.15 Å². The second-order valence-corrected chi connectivity index (χ2v) is 6.59. The standard InChI is InChI=1S/C17H23N3O2S/c1-12-16(11-20-7-8-21-14(9-18)10-20)19-17(22-12)13-3-5-15(23-2)6-4-13/h3-6,14H,7-11,18H2,1-2H3. The van der Waals surface area contributed by atoms with Gasteiger partial charge in [-0.1, -0.05) is 0 Å². The highest BCUT2D eigenvalue weighted by atomic mass is 32.2. The van der Waals surface area contributed by atoms with Gasteiger partial charge in [-0.05, 0) is 37.4 Å². The highest BCUT2D eigenvalue weighted by Gasteiger charge is 2.21. The number of aromatic nitrogens is 1. The Hall–Kier alpha value is -1.34. The molecule has 0 spiro atoms. The van der Waals surface area contributed by atoms with Gasteiger partial charge in [-0.2, -0.15) is 0 Å². The van der Waals surface area contributed by atoms with E-state index in [4.69, 9.17) is 19.9 Å². The molecule has 5 nitrogen and oxygen atoms in total. The Kier molecular flexibility index (Phi) is 5.38. The van der Waals surface area contributed by atoms with Crippen LogP contribution in [0.15, 0.2) is 33.6 Å². The minimum absolute atomic E-state index is 0.120. The molecule has 0 radical (unpaired) electrons. The number of hydrogen-bond donors (Lipinski definition) is 1. The maximum Gasteiger partial charge on any atom is 0.226 e. The van der Waals surface area contributed by atoms with Crippen LogP contribution >= 0.6 is 11.8 Å². The molecule has 1 saturated heterocycles. The Balaban J connectivity index is 1.72. The molecule has 0 bridgehead atoms. The summed E-state index contributed by atoms with van der Waals surface area (Å²) in [6, 6.07) is 8.29. The third-order valence-electron chi connectivity index (χ3n) is 4.09. The van der Waals surface area contributed by atoms with Crippen molar-refractivity contribution in [2.24, 2.45) is 5.73 Å². The van der Waals surface area contributed by atoms with Gasteiger partial charge in [-0.3, -0.25) is 4.90 Å². The SMILES string of the molecule is CSc1ccc(-c2nc(CN3CCOC(CN)C3)c(C)o2)cc1. The van der Waals surface area contributed by atoms with Crippen molar-refractivity contribution >= 4 is 11.8 Å². The second-order valence-electron chi connectivity index (χ2n) is 5.71. The summed E-state index contributed by atoms with van der Waals surface area (Å²) in [5, 5.41) is 0. The summed E-state index contributed by atoms with van der Waals surface area (Å²) in [7, 11) is 0. The Bertz CT molecular complexity index is 642. The Morgan fingerprint density at radius 2 is 2.13 bits per heavy atom. The summed E-state index contributed by atoms with van der Waals surface area (Å²) >= 11 is 1.73. The Morgan fingerprint density at radius 1 is 1.35 bits per heavy atom. The molecule has 2 aromatic rings. The molecular weight excluding hydrogens is 310 g/mol. The minimum Gasteiger partial charge on any atom is -0.441 e. The predicted octanol–water partition coefficient (Wildman–Crippen LogP) is 2.53. The fourth-order valence-corrected chi connectivity index (χ4v) is 3.12. The number of aryl methyl sites for hydroxylation is 1. The summed E-state index contributed by atoms with van der Waals surface area (Å²) in [5.74, 6) is 1.57. The van der Waals surface area contributed by atoms with Gasteiger partial charge in [0.1, 0.15) is 5.76 Å². The lowest BCUT2D eigenvalue weighted by Gasteiger charge is -2.31. The van der Waals surface area contributed by atoms with Gasteiger partial charge in [-0.25, -0.2) is 4.98 Å². The lowest BCUT2D eigenvalue weighted by molar-refractivity contribution is -0.0264. The predicted molar refractivity (Wildman–Crippen MR) is 92.5 cm³/mol. The van der Waals surface area contributed by atoms with E-state index in [0.717, 1.165) is 43.3 Å². The number of hydrogen-bond acceptors (Lipinski definition) is 6. The van der Waals surface area contributed by atoms with Gasteiger partial charge >= 0.3 is 0 Å². The van der Waals surface area contributed by atoms with Gasteiger partial charge in [0.25, 0.3) is 0 Å². The van der Waals surface area contributed by atoms with Gasteiger partial charge < -0.3 is 14.9 Å². The molecule has 3 rings (SSSR count). The van der Waals surface area contributed by atoms with Crippen LogP contribution in [-0.2, 0) is 11.3 Å². The summed E-state index contributed by atoms with van der Waals surface area (Å²) in [5.41, 5.74) is 7.71. The molecule has 6 heteroatoms. The number of nitrogens with zero attached hydrogens (tertiary/aromatic N) is 2. The van der Waals surface area contributed by atoms with Gasteiger partial charge in [0.2, 0.25) is 5.89 Å². The van der Waals surface area contributed by atoms with Crippen molar-refractivity contribution in [1.82, 2.24) is 9.88 Å². The molecule has 1 aliphatic heterocycles. The minimum atomic E-state index is 0.120. The van der Waals surface area contributed by atoms with Crippen LogP contribution in [0.4, 0.5) is 0 Å². The van der Waals surface area contributed by atoms with E-state index in [9.17, 15) is 0 Å². The molecule has 23 heavy (non-hydrogen) atoms. The summed E-state index contributed by atoms with van der Waals surface area (Å²) in [4.78, 5) is 8.25. The first-order valence-electron chi connectivity index (χ1n) is 7.84. The van der Waals surface area contributed by atoms with Crippen LogP contribution in [-0.4, -0.2) is 48.5 Å². The largest absolute Gasteiger partial charge is 0.441 e. The van der Waals surface area contributed by atoms with Crippen molar-refractivity contribution in [3.63, 3.8) is 0 Å². The van der Waals surface area contributed by atoms with Crippen LogP contribution in [0.25, 0.3) is 11.5 Å². The van der Waals surface area contributed by atoms with Crippen LogP contribution in [0, 0.1) is 6.92 Å². The van der Waals surface area contributed by atoms with Crippen LogP contribution in [0.1, 0.15) is 11.5 Å². The van der Waals surface area contributed by atoms with Crippen LogP contribution in [0.2, 0.25) is 0 Å². The van der Waals surface area contributed by atoms with Crippen LogP contribution < -0.4 is 5.73 Å². The molecule has 1 fully saturated rings. The Labute approximate surface area is 141 Å². The van der Waals surface area contributed by atoms with Crippen molar-refractivity contribution in [3.05, 3.63) is 35.7 Å². The van der Waals surface area contributed by atoms with Gasteiger partial charge in [0, 0.05) is 36.6 Å². The zero-order chi connectivity index (χ0) is 16.2. The van der Waals surface area contributed by atoms with Gasteiger partial charge in [0.05, 0.1) is 18.4 Å². The lowest BCUT2D eigenvalue weighted by Crippen LogP contribution is -2.45. The zero-order valence-corrected chi connectivity index (χ0v) is 14.4. The molecule has 1 atom stereocenters. The van der Waals surface area contributed by atoms with Crippen LogP contribution in [0.3, 0.4) is 0 Å². The van der Waals surface area contributed by atoms with E-state index in [0.29, 0.717) is 12.4 Å². The highest BCUT2D eigenvalue weighted by Crippen LogP contribution is 2.25. The van der Waals surface area contributed by atoms with Crippen molar-refractivity contribution in [2.45, 2.75) is 24.5 Å². The third-order valence-corrected chi connectivity index (χ3v) is 4.83. The average Bonchev–Trinajstić information content (AvgIpc) is 2.96. The molecule has 124 valence electrons. The molecule has 1 aromatic carbocycles. The third kappa shape index (κ3) is 3.95. The molecule has 0 saturated carbocycles. The smallest absolute Gasteiger partial charge is 0.226 e. The zero-order valence-electron chi connectivity index (χ0n) is 13.6. The molecule has 2 N–H and O–H groups in total. The van der Waals surface area contributed by atoms with E-state index in [1.165, 1.54) is 4.90 Å². The van der Waals surface area contributed by atoms with Crippen molar-refractivity contribution in [3.8, 4) is 11.5 Å². The number of morpholine rings is 1. The van der Waals surface area contributed by atoms with Gasteiger partial charge in [-0.15, -0.1) is 11.8 Å². The topological polar surface area (TPSA) is 64.5 Å². The van der Waals surface area contributed by atoms with E-state index in [1.807, 2.05) is 6.92 Å². The van der Waals surface area contributed by atoms with Crippen LogP contribution in [0.5, 0.6) is 0 Å². The number of nitrogens with two attached hydrogens (primary N) is 1. The number of ether oxygens (including phenoxy) is 1. The first-order chi connectivity index (χ1) is 11.2. The average molecular weight is 333 g/mol. The molecule has 2 heterocycles. The molecule has 1 aromatic heterocycles. The van der Waals surface area contributed by atoms with Crippen molar-refractivity contribution in [1.29, 1.82) is 0 Å². The Morgan fingerprint density at radius 3 is 2.83 bits per heavy atom. The number of benzene rings is 1. The first-order valence-corrected chi connectivity index (χ1v) is 9.07. The summed E-state index contributed by atoms with van der Waals surface area (Å²) in [6.45, 7) is 5.78. The fourth-order valence-electron chi connectivity index (χ4n) is 2.71. The van der Waals surface area contributed by atoms with Crippen molar-refractivity contribution in [2.75, 3.05) is 32.5 Å².